The molecule has 52 heavy (non-hydrogen) atoms. The van der Waals surface area contributed by atoms with Crippen molar-refractivity contribution >= 4 is 33.4 Å². The number of halogens is 2. The highest BCUT2D eigenvalue weighted by atomic mass is 32.2. The molecule has 10 nitrogen and oxygen atoms in total. The number of likely N-dealkylation sites (N-methyl/N-ethyl adjacent to an activating group) is 1. The van der Waals surface area contributed by atoms with E-state index in [1.807, 2.05) is 60.7 Å². The molecule has 0 spiro atoms. The van der Waals surface area contributed by atoms with Gasteiger partial charge in [0.25, 0.3) is 0 Å². The number of amides is 2. The molecule has 276 valence electrons. The number of hydrogen-bond donors (Lipinski definition) is 3. The molecule has 3 N–H and O–H groups in total. The summed E-state index contributed by atoms with van der Waals surface area (Å²) in [5, 5.41) is 23.5. The van der Waals surface area contributed by atoms with Crippen LogP contribution in [0.3, 0.4) is 0 Å². The molecule has 1 aliphatic carbocycles. The third kappa shape index (κ3) is 8.21. The predicted octanol–water partition coefficient (Wildman–Crippen LogP) is 6.02. The first kappa shape index (κ1) is 37.5. The number of fused-ring (bicyclic) bond motifs is 1. The summed E-state index contributed by atoms with van der Waals surface area (Å²) in [6.45, 7) is 0.0243. The van der Waals surface area contributed by atoms with E-state index >= 15 is 0 Å². The summed E-state index contributed by atoms with van der Waals surface area (Å²) < 4.78 is 62.9. The van der Waals surface area contributed by atoms with E-state index in [0.29, 0.717) is 29.4 Å². The van der Waals surface area contributed by atoms with E-state index in [2.05, 4.69) is 5.32 Å². The van der Waals surface area contributed by atoms with E-state index in [4.69, 9.17) is 4.74 Å². The zero-order chi connectivity index (χ0) is 37.0. The smallest absolute Gasteiger partial charge is 0.407 e. The molecular formula is C38H41F2N3O7S2. The number of thiophene rings is 1. The number of sulfonamides is 1. The highest BCUT2D eigenvalue weighted by molar-refractivity contribution is 7.89. The Kier molecular flexibility index (Phi) is 11.4. The van der Waals surface area contributed by atoms with Crippen molar-refractivity contribution < 1.29 is 41.7 Å². The van der Waals surface area contributed by atoms with Crippen molar-refractivity contribution in [2.24, 2.45) is 5.92 Å². The van der Waals surface area contributed by atoms with Gasteiger partial charge >= 0.3 is 6.09 Å². The molecule has 0 bridgehead atoms. The molecule has 0 saturated heterocycles. The topological polar surface area (TPSA) is 136 Å². The van der Waals surface area contributed by atoms with E-state index in [9.17, 15) is 37.0 Å². The van der Waals surface area contributed by atoms with Crippen molar-refractivity contribution in [2.75, 3.05) is 26.8 Å². The SMILES string of the molecule is CN(C(=O)O)[C@H](C(=O)NCc1ccc([C@@H](CO)N(CC2CC(F)(F)C2)S(=O)(=O)c2ccc3c(c2)CCOC3)s1)C(c1ccccc1)c1ccccc1. The van der Waals surface area contributed by atoms with E-state index in [-0.39, 0.29) is 18.0 Å². The van der Waals surface area contributed by atoms with Gasteiger partial charge in [-0.2, -0.15) is 4.31 Å². The van der Waals surface area contributed by atoms with Gasteiger partial charge in [0.05, 0.1) is 37.3 Å². The first-order valence-electron chi connectivity index (χ1n) is 17.0. The Labute approximate surface area is 305 Å². The molecule has 1 aliphatic heterocycles. The van der Waals surface area contributed by atoms with Crippen molar-refractivity contribution in [3.05, 3.63) is 123 Å². The molecule has 1 fully saturated rings. The lowest BCUT2D eigenvalue weighted by molar-refractivity contribution is -0.126. The summed E-state index contributed by atoms with van der Waals surface area (Å²) in [7, 11) is -2.90. The van der Waals surface area contributed by atoms with Gasteiger partial charge in [0.15, 0.2) is 0 Å². The Bertz CT molecular complexity index is 1930. The first-order chi connectivity index (χ1) is 24.9. The fourth-order valence-electron chi connectivity index (χ4n) is 7.02. The monoisotopic (exact) mass is 753 g/mol. The van der Waals surface area contributed by atoms with Crippen LogP contribution in [0.4, 0.5) is 13.6 Å². The number of carboxylic acid groups (broad SMARTS) is 1. The Balaban J connectivity index is 1.25. The third-order valence-corrected chi connectivity index (χ3v) is 12.8. The summed E-state index contributed by atoms with van der Waals surface area (Å²) >= 11 is 1.17. The number of carbonyl (C=O) groups excluding carboxylic acids is 1. The summed E-state index contributed by atoms with van der Waals surface area (Å²) in [6, 6.07) is 24.3. The number of nitrogens with one attached hydrogen (secondary N) is 1. The first-order valence-corrected chi connectivity index (χ1v) is 19.3. The molecular weight excluding hydrogens is 713 g/mol. The minimum absolute atomic E-state index is 0.00357. The number of nitrogens with zero attached hydrogens (tertiary/aromatic N) is 2. The summed E-state index contributed by atoms with van der Waals surface area (Å²) in [4.78, 5) is 28.3. The molecule has 2 heterocycles. The Morgan fingerprint density at radius 2 is 1.63 bits per heavy atom. The molecule has 6 rings (SSSR count). The third-order valence-electron chi connectivity index (χ3n) is 9.76. The standard InChI is InChI=1S/C38H41F2N3O7S2/c1-42(37(46)47)35(34(26-8-4-2-5-9-26)27-10-6-3-7-11-27)36(45)41-21-30-13-15-33(51-30)32(23-44)43(22-25-19-38(39,40)20-25)52(48,49)31-14-12-29-24-50-17-16-28(29)18-31/h2-15,18,25,32,34-35,44H,16-17,19-24H2,1H3,(H,41,45)(H,46,47)/t32-,35+/m1/s1. The van der Waals surface area contributed by atoms with Crippen molar-refractivity contribution in [1.82, 2.24) is 14.5 Å². The molecule has 2 aliphatic rings. The Morgan fingerprint density at radius 3 is 2.23 bits per heavy atom. The highest BCUT2D eigenvalue weighted by Crippen LogP contribution is 2.45. The van der Waals surface area contributed by atoms with Crippen LogP contribution in [0.15, 0.2) is 95.9 Å². The molecule has 1 saturated carbocycles. The molecule has 2 amide bonds. The molecule has 0 unspecified atom stereocenters. The molecule has 0 radical (unpaired) electrons. The lowest BCUT2D eigenvalue weighted by atomic mass is 9.81. The minimum Gasteiger partial charge on any atom is -0.465 e. The van der Waals surface area contributed by atoms with E-state index in [0.717, 1.165) is 31.5 Å². The lowest BCUT2D eigenvalue weighted by Gasteiger charge is -2.39. The fraction of sp³-hybridized carbons (Fsp3) is 0.368. The largest absolute Gasteiger partial charge is 0.465 e. The predicted molar refractivity (Wildman–Crippen MR) is 192 cm³/mol. The van der Waals surface area contributed by atoms with Gasteiger partial charge in [0, 0.05) is 42.1 Å². The number of carbonyl (C=O) groups is 2. The summed E-state index contributed by atoms with van der Waals surface area (Å²) in [6.07, 6.45) is -1.63. The summed E-state index contributed by atoms with van der Waals surface area (Å²) in [5.41, 5.74) is 3.23. The number of ether oxygens (including phenoxy) is 1. The zero-order valence-corrected chi connectivity index (χ0v) is 30.2. The van der Waals surface area contributed by atoms with Crippen molar-refractivity contribution in [3.8, 4) is 0 Å². The average molecular weight is 754 g/mol. The van der Waals surface area contributed by atoms with Crippen LogP contribution in [-0.2, 0) is 39.1 Å². The minimum atomic E-state index is -4.25. The number of benzene rings is 3. The highest BCUT2D eigenvalue weighted by Gasteiger charge is 2.48. The second-order valence-electron chi connectivity index (χ2n) is 13.3. The Morgan fingerprint density at radius 1 is 0.981 bits per heavy atom. The zero-order valence-electron chi connectivity index (χ0n) is 28.5. The molecule has 3 aromatic carbocycles. The van der Waals surface area contributed by atoms with Crippen molar-refractivity contribution in [1.29, 1.82) is 0 Å². The van der Waals surface area contributed by atoms with Crippen LogP contribution in [0.1, 0.15) is 56.8 Å². The van der Waals surface area contributed by atoms with Gasteiger partial charge in [-0.1, -0.05) is 66.7 Å². The van der Waals surface area contributed by atoms with Crippen LogP contribution >= 0.6 is 11.3 Å². The fourth-order valence-corrected chi connectivity index (χ4v) is 9.86. The maximum atomic E-state index is 14.2. The van der Waals surface area contributed by atoms with E-state index in [1.165, 1.54) is 24.5 Å². The average Bonchev–Trinajstić information content (AvgIpc) is 3.60. The molecule has 1 aromatic heterocycles. The maximum Gasteiger partial charge on any atom is 0.407 e. The lowest BCUT2D eigenvalue weighted by Crippen LogP contribution is -2.50. The number of rotatable bonds is 14. The number of aliphatic hydroxyl groups excluding tert-OH is 1. The van der Waals surface area contributed by atoms with Crippen molar-refractivity contribution in [3.63, 3.8) is 0 Å². The van der Waals surface area contributed by atoms with Crippen LogP contribution in [-0.4, -0.2) is 78.6 Å². The van der Waals surface area contributed by atoms with Gasteiger partial charge in [-0.15, -0.1) is 11.3 Å². The number of alkyl halides is 2. The van der Waals surface area contributed by atoms with E-state index in [1.54, 1.807) is 24.3 Å². The van der Waals surface area contributed by atoms with Crippen LogP contribution in [0.2, 0.25) is 0 Å². The maximum absolute atomic E-state index is 14.2. The van der Waals surface area contributed by atoms with E-state index < -0.39 is 71.3 Å². The van der Waals surface area contributed by atoms with Gasteiger partial charge in [0.2, 0.25) is 21.9 Å². The van der Waals surface area contributed by atoms with Crippen LogP contribution in [0, 0.1) is 5.92 Å². The number of hydrogen-bond acceptors (Lipinski definition) is 7. The number of aliphatic hydroxyl groups is 1. The molecule has 4 aromatic rings. The van der Waals surface area contributed by atoms with Gasteiger partial charge in [-0.05, 0) is 58.9 Å². The van der Waals surface area contributed by atoms with Gasteiger partial charge in [-0.25, -0.2) is 22.0 Å². The Hall–Kier alpha value is -4.21. The van der Waals surface area contributed by atoms with Gasteiger partial charge in [0.1, 0.15) is 6.04 Å². The quantitative estimate of drug-likeness (QED) is 0.143. The second kappa shape index (κ2) is 15.8. The second-order valence-corrected chi connectivity index (χ2v) is 16.4. The molecule has 2 atom stereocenters. The van der Waals surface area contributed by atoms with Crippen LogP contribution < -0.4 is 5.32 Å². The summed E-state index contributed by atoms with van der Waals surface area (Å²) in [5.74, 6) is -4.62. The van der Waals surface area contributed by atoms with Gasteiger partial charge < -0.3 is 20.3 Å². The van der Waals surface area contributed by atoms with Crippen LogP contribution in [0.25, 0.3) is 0 Å². The van der Waals surface area contributed by atoms with Gasteiger partial charge in [-0.3, -0.25) is 9.69 Å². The van der Waals surface area contributed by atoms with Crippen molar-refractivity contribution in [2.45, 2.75) is 61.2 Å². The van der Waals surface area contributed by atoms with Crippen LogP contribution in [0.5, 0.6) is 0 Å². The molecule has 14 heteroatoms. The normalized spacial score (nSPS) is 16.9.